The van der Waals surface area contributed by atoms with Gasteiger partial charge < -0.3 is 24.4 Å². The molecule has 0 aliphatic carbocycles. The number of hydrogen-bond acceptors (Lipinski definition) is 7. The van der Waals surface area contributed by atoms with Crippen molar-refractivity contribution in [3.8, 4) is 17.2 Å². The van der Waals surface area contributed by atoms with E-state index in [1.807, 2.05) is 31.2 Å². The standard InChI is InChI=1S/C22H21N3O5S/c1-2-28-15-4-5-16-19(11-15)31-22(23-16)24-21(27)13-9-20(26)25(12-13)14-3-6-17-18(10-14)30-8-7-29-17/h3-6,10-11,13H,2,7-9,12H2,1H3,(H,23,24,27). The molecule has 1 aromatic heterocycles. The van der Waals surface area contributed by atoms with E-state index in [-0.39, 0.29) is 18.2 Å². The first-order valence-electron chi connectivity index (χ1n) is 10.1. The highest BCUT2D eigenvalue weighted by molar-refractivity contribution is 7.22. The van der Waals surface area contributed by atoms with Gasteiger partial charge in [-0.05, 0) is 37.3 Å². The summed E-state index contributed by atoms with van der Waals surface area (Å²) in [4.78, 5) is 31.5. The van der Waals surface area contributed by atoms with Gasteiger partial charge in [0.1, 0.15) is 19.0 Å². The van der Waals surface area contributed by atoms with Crippen molar-refractivity contribution < 1.29 is 23.8 Å². The second-order valence-corrected chi connectivity index (χ2v) is 8.33. The first-order chi connectivity index (χ1) is 15.1. The molecule has 1 N–H and O–H groups in total. The fraction of sp³-hybridized carbons (Fsp3) is 0.318. The number of ether oxygens (including phenoxy) is 3. The van der Waals surface area contributed by atoms with Gasteiger partial charge in [-0.1, -0.05) is 11.3 Å². The van der Waals surface area contributed by atoms with E-state index < -0.39 is 5.92 Å². The van der Waals surface area contributed by atoms with Crippen molar-refractivity contribution in [2.45, 2.75) is 13.3 Å². The molecule has 0 saturated carbocycles. The van der Waals surface area contributed by atoms with Crippen molar-refractivity contribution in [1.82, 2.24) is 4.98 Å². The van der Waals surface area contributed by atoms with Crippen molar-refractivity contribution in [2.24, 2.45) is 5.92 Å². The van der Waals surface area contributed by atoms with E-state index in [0.29, 0.717) is 48.7 Å². The molecule has 9 heteroatoms. The van der Waals surface area contributed by atoms with Gasteiger partial charge in [-0.25, -0.2) is 4.98 Å². The van der Waals surface area contributed by atoms with E-state index in [2.05, 4.69) is 10.3 Å². The van der Waals surface area contributed by atoms with Crippen molar-refractivity contribution >= 4 is 44.2 Å². The number of rotatable bonds is 5. The zero-order chi connectivity index (χ0) is 21.4. The molecule has 5 rings (SSSR count). The average molecular weight is 439 g/mol. The van der Waals surface area contributed by atoms with Crippen LogP contribution in [0, 0.1) is 5.92 Å². The van der Waals surface area contributed by atoms with Gasteiger partial charge in [0.15, 0.2) is 16.6 Å². The second-order valence-electron chi connectivity index (χ2n) is 7.30. The molecule has 0 bridgehead atoms. The fourth-order valence-electron chi connectivity index (χ4n) is 3.75. The normalized spacial score (nSPS) is 17.8. The molecule has 2 aromatic carbocycles. The Bertz CT molecular complexity index is 1160. The lowest BCUT2D eigenvalue weighted by molar-refractivity contribution is -0.122. The molecule has 31 heavy (non-hydrogen) atoms. The van der Waals surface area contributed by atoms with Crippen LogP contribution in [0.2, 0.25) is 0 Å². The first-order valence-corrected chi connectivity index (χ1v) is 11.0. The van der Waals surface area contributed by atoms with E-state index >= 15 is 0 Å². The highest BCUT2D eigenvalue weighted by Crippen LogP contribution is 2.36. The van der Waals surface area contributed by atoms with E-state index in [9.17, 15) is 9.59 Å². The predicted molar refractivity (Wildman–Crippen MR) is 117 cm³/mol. The molecule has 1 saturated heterocycles. The van der Waals surface area contributed by atoms with Gasteiger partial charge in [-0.2, -0.15) is 0 Å². The monoisotopic (exact) mass is 439 g/mol. The molecule has 160 valence electrons. The lowest BCUT2D eigenvalue weighted by atomic mass is 10.1. The highest BCUT2D eigenvalue weighted by atomic mass is 32.1. The molecule has 0 radical (unpaired) electrons. The number of benzene rings is 2. The van der Waals surface area contributed by atoms with Crippen LogP contribution in [0.5, 0.6) is 17.2 Å². The van der Waals surface area contributed by atoms with Crippen molar-refractivity contribution in [3.63, 3.8) is 0 Å². The van der Waals surface area contributed by atoms with E-state index in [1.54, 1.807) is 17.0 Å². The van der Waals surface area contributed by atoms with Gasteiger partial charge in [0.2, 0.25) is 11.8 Å². The third-order valence-electron chi connectivity index (χ3n) is 5.23. The topological polar surface area (TPSA) is 90.0 Å². The minimum atomic E-state index is -0.452. The number of anilines is 2. The number of aromatic nitrogens is 1. The van der Waals surface area contributed by atoms with Crippen LogP contribution in [0.4, 0.5) is 10.8 Å². The molecule has 1 fully saturated rings. The van der Waals surface area contributed by atoms with Gasteiger partial charge in [0.05, 0.1) is 22.7 Å². The van der Waals surface area contributed by atoms with Crippen LogP contribution in [0.25, 0.3) is 10.2 Å². The first kappa shape index (κ1) is 19.6. The van der Waals surface area contributed by atoms with Crippen molar-refractivity contribution in [1.29, 1.82) is 0 Å². The van der Waals surface area contributed by atoms with E-state index in [1.165, 1.54) is 11.3 Å². The van der Waals surface area contributed by atoms with Crippen molar-refractivity contribution in [2.75, 3.05) is 36.6 Å². The maximum atomic E-state index is 12.8. The quantitative estimate of drug-likeness (QED) is 0.655. The summed E-state index contributed by atoms with van der Waals surface area (Å²) in [6.07, 6.45) is 0.152. The molecule has 3 heterocycles. The number of carbonyl (C=O) groups is 2. The smallest absolute Gasteiger partial charge is 0.231 e. The Kier molecular flexibility index (Phi) is 5.11. The molecular formula is C22H21N3O5S. The molecule has 2 aliphatic heterocycles. The summed E-state index contributed by atoms with van der Waals surface area (Å²) in [5, 5.41) is 3.38. The summed E-state index contributed by atoms with van der Waals surface area (Å²) < 4.78 is 17.6. The highest BCUT2D eigenvalue weighted by Gasteiger charge is 2.36. The average Bonchev–Trinajstić information content (AvgIpc) is 3.36. The van der Waals surface area contributed by atoms with Crippen LogP contribution in [-0.4, -0.2) is 43.2 Å². The Balaban J connectivity index is 1.28. The summed E-state index contributed by atoms with van der Waals surface area (Å²) in [7, 11) is 0. The van der Waals surface area contributed by atoms with Crippen LogP contribution in [0.3, 0.4) is 0 Å². The fourth-order valence-corrected chi connectivity index (χ4v) is 4.65. The number of nitrogens with one attached hydrogen (secondary N) is 1. The van der Waals surface area contributed by atoms with Crippen molar-refractivity contribution in [3.05, 3.63) is 36.4 Å². The molecule has 8 nitrogen and oxygen atoms in total. The largest absolute Gasteiger partial charge is 0.494 e. The number of nitrogens with zero attached hydrogens (tertiary/aromatic N) is 2. The lowest BCUT2D eigenvalue weighted by Crippen LogP contribution is -2.28. The predicted octanol–water partition coefficient (Wildman–Crippen LogP) is 3.46. The molecule has 1 atom stereocenters. The Hall–Kier alpha value is -3.33. The van der Waals surface area contributed by atoms with Gasteiger partial charge >= 0.3 is 0 Å². The number of thiazole rings is 1. The van der Waals surface area contributed by atoms with E-state index in [0.717, 1.165) is 16.0 Å². The zero-order valence-electron chi connectivity index (χ0n) is 16.9. The Labute approximate surface area is 182 Å². The van der Waals surface area contributed by atoms with Crippen LogP contribution < -0.4 is 24.4 Å². The number of carbonyl (C=O) groups excluding carboxylic acids is 2. The minimum Gasteiger partial charge on any atom is -0.494 e. The van der Waals surface area contributed by atoms with Gasteiger partial charge in [0.25, 0.3) is 0 Å². The van der Waals surface area contributed by atoms with Gasteiger partial charge in [-0.15, -0.1) is 0 Å². The number of fused-ring (bicyclic) bond motifs is 2. The van der Waals surface area contributed by atoms with Gasteiger partial charge in [0, 0.05) is 24.7 Å². The maximum absolute atomic E-state index is 12.8. The maximum Gasteiger partial charge on any atom is 0.231 e. The Morgan fingerprint density at radius 2 is 2.06 bits per heavy atom. The molecular weight excluding hydrogens is 418 g/mol. The number of amides is 2. The molecule has 2 amide bonds. The number of hydrogen-bond donors (Lipinski definition) is 1. The molecule has 1 unspecified atom stereocenters. The Morgan fingerprint density at radius 1 is 1.23 bits per heavy atom. The summed E-state index contributed by atoms with van der Waals surface area (Å²) >= 11 is 1.39. The molecule has 3 aromatic rings. The SMILES string of the molecule is CCOc1ccc2nc(NC(=O)C3CC(=O)N(c4ccc5c(c4)OCCO5)C3)sc2c1. The summed E-state index contributed by atoms with van der Waals surface area (Å²) in [5.41, 5.74) is 1.50. The summed E-state index contributed by atoms with van der Waals surface area (Å²) in [6.45, 7) is 3.81. The summed E-state index contributed by atoms with van der Waals surface area (Å²) in [6, 6.07) is 11.0. The molecule has 0 spiro atoms. The van der Waals surface area contributed by atoms with Gasteiger partial charge in [-0.3, -0.25) is 9.59 Å². The van der Waals surface area contributed by atoms with E-state index in [4.69, 9.17) is 14.2 Å². The second kappa shape index (κ2) is 8.07. The van der Waals surface area contributed by atoms with Crippen LogP contribution in [-0.2, 0) is 9.59 Å². The van der Waals surface area contributed by atoms with Crippen LogP contribution >= 0.6 is 11.3 Å². The summed E-state index contributed by atoms with van der Waals surface area (Å²) in [5.74, 6) is 1.30. The van der Waals surface area contributed by atoms with Crippen LogP contribution in [0.15, 0.2) is 36.4 Å². The third kappa shape index (κ3) is 3.88. The minimum absolute atomic E-state index is 0.0949. The molecule has 2 aliphatic rings. The zero-order valence-corrected chi connectivity index (χ0v) is 17.7. The lowest BCUT2D eigenvalue weighted by Gasteiger charge is -2.22. The van der Waals surface area contributed by atoms with Crippen LogP contribution in [0.1, 0.15) is 13.3 Å². The third-order valence-corrected chi connectivity index (χ3v) is 6.17. The Morgan fingerprint density at radius 3 is 2.90 bits per heavy atom.